The molecule has 0 radical (unpaired) electrons. The standard InChI is InChI=1S/C16H32N2O/c1-3-4-5-6-7-8-9-16(19)18-13-15-12-17-11-10-14(15)2/h14-15,17H,3-13H2,1-2H3,(H,18,19). The van der Waals surface area contributed by atoms with Crippen molar-refractivity contribution < 1.29 is 4.79 Å². The molecule has 1 aliphatic heterocycles. The molecule has 1 fully saturated rings. The van der Waals surface area contributed by atoms with Gasteiger partial charge in [-0.2, -0.15) is 0 Å². The number of carbonyl (C=O) groups is 1. The molecular weight excluding hydrogens is 236 g/mol. The zero-order valence-corrected chi connectivity index (χ0v) is 12.8. The Kier molecular flexibility index (Phi) is 8.89. The molecule has 3 heteroatoms. The third-order valence-electron chi connectivity index (χ3n) is 4.31. The van der Waals surface area contributed by atoms with Crippen molar-refractivity contribution in [3.8, 4) is 0 Å². The molecule has 19 heavy (non-hydrogen) atoms. The van der Waals surface area contributed by atoms with Crippen molar-refractivity contribution in [2.45, 2.75) is 65.2 Å². The SMILES string of the molecule is CCCCCCCCC(=O)NCC1CNCCC1C. The van der Waals surface area contributed by atoms with Gasteiger partial charge in [0.1, 0.15) is 0 Å². The molecule has 1 saturated heterocycles. The molecule has 1 aliphatic rings. The number of nitrogens with one attached hydrogen (secondary N) is 2. The van der Waals surface area contributed by atoms with Crippen molar-refractivity contribution in [3.05, 3.63) is 0 Å². The average molecular weight is 268 g/mol. The smallest absolute Gasteiger partial charge is 0.220 e. The normalized spacial score (nSPS) is 23.3. The molecule has 1 amide bonds. The van der Waals surface area contributed by atoms with Gasteiger partial charge in [0.05, 0.1) is 0 Å². The largest absolute Gasteiger partial charge is 0.356 e. The molecule has 0 bridgehead atoms. The minimum atomic E-state index is 0.244. The van der Waals surface area contributed by atoms with Crippen LogP contribution in [0.1, 0.15) is 65.2 Å². The van der Waals surface area contributed by atoms with Crippen molar-refractivity contribution in [3.63, 3.8) is 0 Å². The van der Waals surface area contributed by atoms with Gasteiger partial charge in [-0.25, -0.2) is 0 Å². The molecule has 3 nitrogen and oxygen atoms in total. The van der Waals surface area contributed by atoms with Crippen LogP contribution in [0.3, 0.4) is 0 Å². The highest BCUT2D eigenvalue weighted by Crippen LogP contribution is 2.17. The maximum Gasteiger partial charge on any atom is 0.220 e. The van der Waals surface area contributed by atoms with Gasteiger partial charge < -0.3 is 10.6 Å². The van der Waals surface area contributed by atoms with Gasteiger partial charge in [0.25, 0.3) is 0 Å². The first-order chi connectivity index (χ1) is 9.24. The van der Waals surface area contributed by atoms with Crippen LogP contribution in [0, 0.1) is 11.8 Å². The van der Waals surface area contributed by atoms with E-state index in [1.165, 1.54) is 38.5 Å². The van der Waals surface area contributed by atoms with E-state index in [1.807, 2.05) is 0 Å². The lowest BCUT2D eigenvalue weighted by Crippen LogP contribution is -2.42. The lowest BCUT2D eigenvalue weighted by atomic mass is 9.88. The lowest BCUT2D eigenvalue weighted by Gasteiger charge is -2.29. The van der Waals surface area contributed by atoms with Crippen molar-refractivity contribution in [1.82, 2.24) is 10.6 Å². The second-order valence-electron chi connectivity index (χ2n) is 6.05. The molecule has 0 aromatic carbocycles. The molecule has 0 aliphatic carbocycles. The second-order valence-corrected chi connectivity index (χ2v) is 6.05. The van der Waals surface area contributed by atoms with Crippen molar-refractivity contribution in [2.75, 3.05) is 19.6 Å². The Morgan fingerprint density at radius 1 is 1.21 bits per heavy atom. The molecule has 1 rings (SSSR count). The first-order valence-corrected chi connectivity index (χ1v) is 8.21. The number of hydrogen-bond donors (Lipinski definition) is 2. The van der Waals surface area contributed by atoms with Crippen LogP contribution in [0.4, 0.5) is 0 Å². The van der Waals surface area contributed by atoms with E-state index in [0.717, 1.165) is 32.0 Å². The van der Waals surface area contributed by atoms with E-state index in [2.05, 4.69) is 24.5 Å². The van der Waals surface area contributed by atoms with E-state index >= 15 is 0 Å². The van der Waals surface area contributed by atoms with Crippen LogP contribution in [0.5, 0.6) is 0 Å². The summed E-state index contributed by atoms with van der Waals surface area (Å²) in [6.07, 6.45) is 9.42. The Labute approximate surface area is 118 Å². The first-order valence-electron chi connectivity index (χ1n) is 8.21. The van der Waals surface area contributed by atoms with Crippen molar-refractivity contribution in [1.29, 1.82) is 0 Å². The zero-order valence-electron chi connectivity index (χ0n) is 12.8. The topological polar surface area (TPSA) is 41.1 Å². The number of hydrogen-bond acceptors (Lipinski definition) is 2. The van der Waals surface area contributed by atoms with Gasteiger partial charge in [-0.05, 0) is 37.8 Å². The van der Waals surface area contributed by atoms with Gasteiger partial charge in [-0.1, -0.05) is 46.0 Å². The summed E-state index contributed by atoms with van der Waals surface area (Å²) < 4.78 is 0. The number of rotatable bonds is 9. The molecular formula is C16H32N2O. The van der Waals surface area contributed by atoms with E-state index in [1.54, 1.807) is 0 Å². The van der Waals surface area contributed by atoms with Crippen LogP contribution < -0.4 is 10.6 Å². The number of piperidine rings is 1. The summed E-state index contributed by atoms with van der Waals surface area (Å²) in [6, 6.07) is 0. The minimum Gasteiger partial charge on any atom is -0.356 e. The minimum absolute atomic E-state index is 0.244. The van der Waals surface area contributed by atoms with E-state index in [-0.39, 0.29) is 5.91 Å². The maximum atomic E-state index is 11.7. The van der Waals surface area contributed by atoms with Crippen molar-refractivity contribution in [2.24, 2.45) is 11.8 Å². The molecule has 2 atom stereocenters. The van der Waals surface area contributed by atoms with Crippen LogP contribution in [-0.4, -0.2) is 25.5 Å². The summed E-state index contributed by atoms with van der Waals surface area (Å²) in [4.78, 5) is 11.7. The maximum absolute atomic E-state index is 11.7. The molecule has 112 valence electrons. The van der Waals surface area contributed by atoms with Crippen LogP contribution in [0.2, 0.25) is 0 Å². The predicted molar refractivity (Wildman–Crippen MR) is 81.1 cm³/mol. The summed E-state index contributed by atoms with van der Waals surface area (Å²) in [5, 5.41) is 6.52. The average Bonchev–Trinajstić information content (AvgIpc) is 2.42. The Bertz CT molecular complexity index is 243. The Balaban J connectivity index is 1.98. The van der Waals surface area contributed by atoms with Crippen LogP contribution in [-0.2, 0) is 4.79 Å². The number of carbonyl (C=O) groups excluding carboxylic acids is 1. The molecule has 0 aromatic rings. The van der Waals surface area contributed by atoms with E-state index < -0.39 is 0 Å². The first kappa shape index (κ1) is 16.5. The molecule has 0 saturated carbocycles. The Morgan fingerprint density at radius 2 is 1.95 bits per heavy atom. The number of unbranched alkanes of at least 4 members (excludes halogenated alkanes) is 5. The highest BCUT2D eigenvalue weighted by Gasteiger charge is 2.21. The van der Waals surface area contributed by atoms with Crippen LogP contribution in [0.25, 0.3) is 0 Å². The summed E-state index contributed by atoms with van der Waals surface area (Å²) in [7, 11) is 0. The Morgan fingerprint density at radius 3 is 2.68 bits per heavy atom. The monoisotopic (exact) mass is 268 g/mol. The van der Waals surface area contributed by atoms with Crippen molar-refractivity contribution >= 4 is 5.91 Å². The van der Waals surface area contributed by atoms with E-state index in [0.29, 0.717) is 12.3 Å². The van der Waals surface area contributed by atoms with E-state index in [9.17, 15) is 4.79 Å². The summed E-state index contributed by atoms with van der Waals surface area (Å²) in [5.74, 6) is 1.59. The highest BCUT2D eigenvalue weighted by molar-refractivity contribution is 5.75. The predicted octanol–water partition coefficient (Wildman–Crippen LogP) is 3.10. The highest BCUT2D eigenvalue weighted by atomic mass is 16.1. The third kappa shape index (κ3) is 7.56. The zero-order chi connectivity index (χ0) is 13.9. The summed E-state index contributed by atoms with van der Waals surface area (Å²) in [6.45, 7) is 7.56. The lowest BCUT2D eigenvalue weighted by molar-refractivity contribution is -0.121. The van der Waals surface area contributed by atoms with Gasteiger partial charge in [-0.3, -0.25) is 4.79 Å². The number of amides is 1. The van der Waals surface area contributed by atoms with Gasteiger partial charge in [0, 0.05) is 13.0 Å². The van der Waals surface area contributed by atoms with Crippen LogP contribution in [0.15, 0.2) is 0 Å². The van der Waals surface area contributed by atoms with Gasteiger partial charge in [-0.15, -0.1) is 0 Å². The summed E-state index contributed by atoms with van der Waals surface area (Å²) >= 11 is 0. The fourth-order valence-electron chi connectivity index (χ4n) is 2.73. The molecule has 2 N–H and O–H groups in total. The fraction of sp³-hybridized carbons (Fsp3) is 0.938. The summed E-state index contributed by atoms with van der Waals surface area (Å²) in [5.41, 5.74) is 0. The quantitative estimate of drug-likeness (QED) is 0.631. The van der Waals surface area contributed by atoms with E-state index in [4.69, 9.17) is 0 Å². The molecule has 0 spiro atoms. The van der Waals surface area contributed by atoms with Gasteiger partial charge >= 0.3 is 0 Å². The third-order valence-corrected chi connectivity index (χ3v) is 4.31. The Hall–Kier alpha value is -0.570. The van der Waals surface area contributed by atoms with Gasteiger partial charge in [0.15, 0.2) is 0 Å². The fourth-order valence-corrected chi connectivity index (χ4v) is 2.73. The molecule has 1 heterocycles. The molecule has 2 unspecified atom stereocenters. The second kappa shape index (κ2) is 10.2. The van der Waals surface area contributed by atoms with Crippen LogP contribution >= 0.6 is 0 Å². The van der Waals surface area contributed by atoms with Gasteiger partial charge in [0.2, 0.25) is 5.91 Å². The molecule has 0 aromatic heterocycles.